The average molecular weight is 334 g/mol. The third-order valence-electron chi connectivity index (χ3n) is 3.20. The Morgan fingerprint density at radius 1 is 1.27 bits per heavy atom. The number of hydrogen-bond acceptors (Lipinski definition) is 4. The van der Waals surface area contributed by atoms with Gasteiger partial charge in [0.15, 0.2) is 0 Å². The zero-order chi connectivity index (χ0) is 15.7. The van der Waals surface area contributed by atoms with E-state index in [1.165, 1.54) is 4.90 Å². The van der Waals surface area contributed by atoms with E-state index in [1.807, 2.05) is 18.2 Å². The zero-order valence-electron chi connectivity index (χ0n) is 11.7. The lowest BCUT2D eigenvalue weighted by Gasteiger charge is -2.06. The van der Waals surface area contributed by atoms with E-state index in [0.29, 0.717) is 28.0 Å². The maximum atomic E-state index is 12.0. The molecule has 3 rings (SSSR count). The van der Waals surface area contributed by atoms with Gasteiger partial charge in [0.25, 0.3) is 11.1 Å². The number of benzene rings is 1. The summed E-state index contributed by atoms with van der Waals surface area (Å²) in [6.07, 6.45) is 1.59. The van der Waals surface area contributed by atoms with Crippen LogP contribution in [0.5, 0.6) is 0 Å². The highest BCUT2D eigenvalue weighted by Gasteiger charge is 2.33. The van der Waals surface area contributed by atoms with E-state index < -0.39 is 0 Å². The van der Waals surface area contributed by atoms with E-state index in [1.54, 1.807) is 31.2 Å². The molecule has 0 radical (unpaired) electrons. The molecule has 0 aliphatic carbocycles. The number of imide groups is 1. The predicted octanol–water partition coefficient (Wildman–Crippen LogP) is 4.66. The molecule has 2 aromatic rings. The molecule has 2 amide bonds. The number of carbonyl (C=O) groups is 2. The van der Waals surface area contributed by atoms with Crippen molar-refractivity contribution in [2.45, 2.75) is 6.92 Å². The Morgan fingerprint density at radius 3 is 2.77 bits per heavy atom. The Bertz CT molecular complexity index is 781. The van der Waals surface area contributed by atoms with Crippen molar-refractivity contribution in [3.63, 3.8) is 0 Å². The van der Waals surface area contributed by atoms with Crippen LogP contribution in [0.4, 0.5) is 4.79 Å². The van der Waals surface area contributed by atoms with Gasteiger partial charge in [-0.15, -0.1) is 0 Å². The van der Waals surface area contributed by atoms with Gasteiger partial charge in [0.1, 0.15) is 11.5 Å². The van der Waals surface area contributed by atoms with Crippen molar-refractivity contribution in [1.82, 2.24) is 4.90 Å². The summed E-state index contributed by atoms with van der Waals surface area (Å²) >= 11 is 6.89. The van der Waals surface area contributed by atoms with Crippen molar-refractivity contribution in [3.8, 4) is 11.3 Å². The number of hydrogen-bond donors (Lipinski definition) is 0. The molecule has 2 heterocycles. The van der Waals surface area contributed by atoms with Gasteiger partial charge in [-0.1, -0.05) is 23.7 Å². The molecule has 6 heteroatoms. The lowest BCUT2D eigenvalue weighted by molar-refractivity contribution is -0.122. The molecule has 22 heavy (non-hydrogen) atoms. The lowest BCUT2D eigenvalue weighted by atomic mass is 10.2. The first-order valence-corrected chi connectivity index (χ1v) is 7.89. The van der Waals surface area contributed by atoms with Gasteiger partial charge in [-0.25, -0.2) is 0 Å². The third kappa shape index (κ3) is 2.82. The second kappa shape index (κ2) is 6.02. The zero-order valence-corrected chi connectivity index (χ0v) is 13.3. The van der Waals surface area contributed by atoms with Gasteiger partial charge in [-0.3, -0.25) is 14.5 Å². The molecule has 1 aromatic carbocycles. The van der Waals surface area contributed by atoms with Crippen LogP contribution in [0.25, 0.3) is 17.4 Å². The Kier molecular flexibility index (Phi) is 4.09. The fourth-order valence-electron chi connectivity index (χ4n) is 2.13. The second-order valence-electron chi connectivity index (χ2n) is 4.64. The smallest absolute Gasteiger partial charge is 0.293 e. The number of halogens is 1. The van der Waals surface area contributed by atoms with Gasteiger partial charge in [0.2, 0.25) is 0 Å². The standard InChI is InChI=1S/C16H12ClNO3S/c1-2-18-15(19)14(22-16(18)20)9-12-6-7-13(21-12)10-4-3-5-11(17)8-10/h3-9H,2H2,1H3. The molecule has 1 aliphatic heterocycles. The number of thioether (sulfide) groups is 1. The van der Waals surface area contributed by atoms with Crippen molar-refractivity contribution in [2.24, 2.45) is 0 Å². The molecule has 0 spiro atoms. The van der Waals surface area contributed by atoms with Gasteiger partial charge in [0, 0.05) is 23.2 Å². The van der Waals surface area contributed by atoms with Crippen LogP contribution >= 0.6 is 23.4 Å². The maximum Gasteiger partial charge on any atom is 0.293 e. The Labute approximate surface area is 136 Å². The van der Waals surface area contributed by atoms with E-state index in [2.05, 4.69) is 0 Å². The lowest BCUT2D eigenvalue weighted by Crippen LogP contribution is -2.27. The van der Waals surface area contributed by atoms with Crippen molar-refractivity contribution in [3.05, 3.63) is 52.1 Å². The van der Waals surface area contributed by atoms with Crippen molar-refractivity contribution >= 4 is 40.6 Å². The van der Waals surface area contributed by atoms with Crippen LogP contribution in [0.3, 0.4) is 0 Å². The van der Waals surface area contributed by atoms with E-state index in [0.717, 1.165) is 17.3 Å². The number of rotatable bonds is 3. The highest BCUT2D eigenvalue weighted by atomic mass is 35.5. The topological polar surface area (TPSA) is 50.5 Å². The molecule has 4 nitrogen and oxygen atoms in total. The van der Waals surface area contributed by atoms with Crippen molar-refractivity contribution < 1.29 is 14.0 Å². The summed E-state index contributed by atoms with van der Waals surface area (Å²) < 4.78 is 5.71. The molecular formula is C16H12ClNO3S. The molecule has 1 aromatic heterocycles. The second-order valence-corrected chi connectivity index (χ2v) is 6.07. The Balaban J connectivity index is 1.88. The quantitative estimate of drug-likeness (QED) is 0.767. The predicted molar refractivity (Wildman–Crippen MR) is 87.5 cm³/mol. The Morgan fingerprint density at radius 2 is 2.09 bits per heavy atom. The van der Waals surface area contributed by atoms with Crippen LogP contribution in [0.15, 0.2) is 45.7 Å². The fourth-order valence-corrected chi connectivity index (χ4v) is 3.20. The number of nitrogens with zero attached hydrogens (tertiary/aromatic N) is 1. The molecule has 0 atom stereocenters. The van der Waals surface area contributed by atoms with Gasteiger partial charge >= 0.3 is 0 Å². The molecular weight excluding hydrogens is 322 g/mol. The summed E-state index contributed by atoms with van der Waals surface area (Å²) in [6, 6.07) is 10.9. The summed E-state index contributed by atoms with van der Waals surface area (Å²) in [4.78, 5) is 25.3. The minimum Gasteiger partial charge on any atom is -0.457 e. The Hall–Kier alpha value is -1.98. The van der Waals surface area contributed by atoms with Crippen LogP contribution in [0, 0.1) is 0 Å². The van der Waals surface area contributed by atoms with Crippen LogP contribution < -0.4 is 0 Å². The highest BCUT2D eigenvalue weighted by Crippen LogP contribution is 2.33. The van der Waals surface area contributed by atoms with Crippen molar-refractivity contribution in [2.75, 3.05) is 6.54 Å². The molecule has 0 bridgehead atoms. The molecule has 112 valence electrons. The minimum absolute atomic E-state index is 0.250. The first-order valence-electron chi connectivity index (χ1n) is 6.69. The third-order valence-corrected chi connectivity index (χ3v) is 4.34. The SMILES string of the molecule is CCN1C(=O)SC(=Cc2ccc(-c3cccc(Cl)c3)o2)C1=O. The van der Waals surface area contributed by atoms with Crippen LogP contribution in [-0.4, -0.2) is 22.6 Å². The van der Waals surface area contributed by atoms with E-state index in [4.69, 9.17) is 16.0 Å². The number of likely N-dealkylation sites (N-methyl/N-ethyl adjacent to an activating group) is 1. The molecule has 0 N–H and O–H groups in total. The summed E-state index contributed by atoms with van der Waals surface area (Å²) in [6.45, 7) is 2.14. The van der Waals surface area contributed by atoms with Crippen LogP contribution in [-0.2, 0) is 4.79 Å². The van der Waals surface area contributed by atoms with Gasteiger partial charge < -0.3 is 4.42 Å². The van der Waals surface area contributed by atoms with Crippen LogP contribution in [0.1, 0.15) is 12.7 Å². The normalized spacial score (nSPS) is 16.8. The number of amides is 2. The summed E-state index contributed by atoms with van der Waals surface area (Å²) in [7, 11) is 0. The fraction of sp³-hybridized carbons (Fsp3) is 0.125. The van der Waals surface area contributed by atoms with Crippen LogP contribution in [0.2, 0.25) is 5.02 Å². The minimum atomic E-state index is -0.279. The van der Waals surface area contributed by atoms with Gasteiger partial charge in [0.05, 0.1) is 4.91 Å². The molecule has 1 fully saturated rings. The van der Waals surface area contributed by atoms with E-state index in [-0.39, 0.29) is 11.1 Å². The monoisotopic (exact) mass is 333 g/mol. The number of furan rings is 1. The van der Waals surface area contributed by atoms with E-state index in [9.17, 15) is 9.59 Å². The highest BCUT2D eigenvalue weighted by molar-refractivity contribution is 8.18. The van der Waals surface area contributed by atoms with Gasteiger partial charge in [-0.05, 0) is 43.0 Å². The molecule has 0 saturated carbocycles. The first kappa shape index (κ1) is 14.9. The summed E-state index contributed by atoms with van der Waals surface area (Å²) in [5.74, 6) is 0.901. The summed E-state index contributed by atoms with van der Waals surface area (Å²) in [5, 5.41) is 0.375. The van der Waals surface area contributed by atoms with Crippen molar-refractivity contribution in [1.29, 1.82) is 0 Å². The largest absolute Gasteiger partial charge is 0.457 e. The molecule has 0 unspecified atom stereocenters. The van der Waals surface area contributed by atoms with Gasteiger partial charge in [-0.2, -0.15) is 0 Å². The first-order chi connectivity index (χ1) is 10.6. The molecule has 1 saturated heterocycles. The maximum absolute atomic E-state index is 12.0. The number of carbonyl (C=O) groups excluding carboxylic acids is 2. The molecule has 1 aliphatic rings. The average Bonchev–Trinajstić information content (AvgIpc) is 3.05. The summed E-state index contributed by atoms with van der Waals surface area (Å²) in [5.41, 5.74) is 0.855. The van der Waals surface area contributed by atoms with E-state index >= 15 is 0 Å².